The van der Waals surface area contributed by atoms with Crippen LogP contribution in [0, 0.1) is 26.7 Å². The molecule has 2 N–H and O–H groups in total. The molecular formula is C27H33N5O2S. The van der Waals surface area contributed by atoms with Gasteiger partial charge >= 0.3 is 0 Å². The number of rotatable bonds is 10. The average Bonchev–Trinajstić information content (AvgIpc) is 3.21. The molecule has 0 saturated heterocycles. The molecule has 0 fully saturated rings. The number of amides is 2. The Bertz CT molecular complexity index is 1200. The van der Waals surface area contributed by atoms with Crippen molar-refractivity contribution in [3.05, 3.63) is 83.2 Å². The van der Waals surface area contributed by atoms with E-state index in [0.717, 1.165) is 22.4 Å². The second-order valence-electron chi connectivity index (χ2n) is 8.96. The van der Waals surface area contributed by atoms with E-state index < -0.39 is 0 Å². The van der Waals surface area contributed by atoms with Gasteiger partial charge in [0.15, 0.2) is 11.0 Å². The van der Waals surface area contributed by atoms with Gasteiger partial charge in [0.2, 0.25) is 5.91 Å². The van der Waals surface area contributed by atoms with Gasteiger partial charge in [-0.15, -0.1) is 16.8 Å². The van der Waals surface area contributed by atoms with E-state index >= 15 is 0 Å². The first-order valence-electron chi connectivity index (χ1n) is 11.6. The number of benzene rings is 2. The van der Waals surface area contributed by atoms with E-state index in [1.807, 2.05) is 81.7 Å². The highest BCUT2D eigenvalue weighted by atomic mass is 32.2. The molecule has 0 aliphatic rings. The van der Waals surface area contributed by atoms with E-state index in [1.165, 1.54) is 11.8 Å². The Morgan fingerprint density at radius 3 is 2.40 bits per heavy atom. The molecule has 7 nitrogen and oxygen atoms in total. The van der Waals surface area contributed by atoms with Crippen molar-refractivity contribution < 1.29 is 9.59 Å². The van der Waals surface area contributed by atoms with E-state index in [2.05, 4.69) is 27.4 Å². The predicted octanol–water partition coefficient (Wildman–Crippen LogP) is 5.25. The Morgan fingerprint density at radius 2 is 1.74 bits per heavy atom. The zero-order chi connectivity index (χ0) is 25.5. The van der Waals surface area contributed by atoms with Crippen LogP contribution in [0.3, 0.4) is 0 Å². The van der Waals surface area contributed by atoms with Crippen LogP contribution >= 0.6 is 11.8 Å². The highest BCUT2D eigenvalue weighted by Crippen LogP contribution is 2.26. The minimum absolute atomic E-state index is 0.0719. The topological polar surface area (TPSA) is 88.9 Å². The lowest BCUT2D eigenvalue weighted by molar-refractivity contribution is -0.113. The van der Waals surface area contributed by atoms with Crippen molar-refractivity contribution in [3.63, 3.8) is 0 Å². The van der Waals surface area contributed by atoms with Crippen molar-refractivity contribution in [2.45, 2.75) is 52.4 Å². The van der Waals surface area contributed by atoms with E-state index in [9.17, 15) is 9.59 Å². The smallest absolute Gasteiger partial charge is 0.251 e. The molecule has 0 aliphatic heterocycles. The number of hydrogen-bond acceptors (Lipinski definition) is 5. The lowest BCUT2D eigenvalue weighted by atomic mass is 10.0. The van der Waals surface area contributed by atoms with Crippen LogP contribution in [0.5, 0.6) is 0 Å². The van der Waals surface area contributed by atoms with Gasteiger partial charge in [0, 0.05) is 17.8 Å². The fourth-order valence-corrected chi connectivity index (χ4v) is 4.34. The molecule has 3 aromatic rings. The Morgan fingerprint density at radius 1 is 1.06 bits per heavy atom. The van der Waals surface area contributed by atoms with Gasteiger partial charge in [0.25, 0.3) is 5.91 Å². The lowest BCUT2D eigenvalue weighted by Crippen LogP contribution is -2.33. The molecule has 0 saturated carbocycles. The Kier molecular flexibility index (Phi) is 8.87. The molecule has 0 bridgehead atoms. The largest absolute Gasteiger partial charge is 0.342 e. The van der Waals surface area contributed by atoms with Crippen molar-refractivity contribution in [1.29, 1.82) is 0 Å². The Balaban J connectivity index is 1.75. The first-order chi connectivity index (χ1) is 16.7. The normalized spacial score (nSPS) is 11.8. The number of allylic oxidation sites excluding steroid dienone is 1. The zero-order valence-corrected chi connectivity index (χ0v) is 21.8. The van der Waals surface area contributed by atoms with E-state index in [4.69, 9.17) is 0 Å². The number of thioether (sulfide) groups is 1. The van der Waals surface area contributed by atoms with Gasteiger partial charge < -0.3 is 15.2 Å². The molecule has 1 heterocycles. The first-order valence-corrected chi connectivity index (χ1v) is 12.6. The summed E-state index contributed by atoms with van der Waals surface area (Å²) in [7, 11) is 0. The number of nitrogens with one attached hydrogen (secondary N) is 2. The number of hydrogen-bond donors (Lipinski definition) is 2. The van der Waals surface area contributed by atoms with Crippen molar-refractivity contribution >= 4 is 29.3 Å². The minimum Gasteiger partial charge on any atom is -0.342 e. The highest BCUT2D eigenvalue weighted by Gasteiger charge is 2.26. The molecular weight excluding hydrogens is 458 g/mol. The second kappa shape index (κ2) is 11.8. The minimum atomic E-state index is -0.352. The fraction of sp³-hybridized carbons (Fsp3) is 0.333. The summed E-state index contributed by atoms with van der Waals surface area (Å²) in [5.74, 6) is 0.607. The number of anilines is 1. The molecule has 35 heavy (non-hydrogen) atoms. The van der Waals surface area contributed by atoms with Gasteiger partial charge in [0.05, 0.1) is 11.8 Å². The zero-order valence-electron chi connectivity index (χ0n) is 21.0. The van der Waals surface area contributed by atoms with Crippen LogP contribution in [0.25, 0.3) is 0 Å². The first kappa shape index (κ1) is 26.2. The number of carbonyl (C=O) groups excluding carboxylic acids is 2. The van der Waals surface area contributed by atoms with Gasteiger partial charge in [-0.25, -0.2) is 0 Å². The average molecular weight is 492 g/mol. The Labute approximate surface area is 211 Å². The third-order valence-electron chi connectivity index (χ3n) is 5.60. The van der Waals surface area contributed by atoms with Gasteiger partial charge in [0.1, 0.15) is 0 Å². The van der Waals surface area contributed by atoms with Gasteiger partial charge in [-0.2, -0.15) is 0 Å². The standard InChI is InChI=1S/C27H33N5O2S/c1-7-14-32-25(24(17(2)3)29-26(34)21-12-9-18(4)10-13-21)30-31-27(32)35-16-23(33)28-22-15-19(5)8-11-20(22)6/h7-13,15,17,24H,1,14,16H2,2-6H3,(H,28,33)(H,29,34)/t24-/m0/s1. The molecule has 1 atom stereocenters. The molecule has 184 valence electrons. The van der Waals surface area contributed by atoms with Gasteiger partial charge in [-0.1, -0.05) is 61.5 Å². The number of aryl methyl sites for hydroxylation is 3. The molecule has 1 aromatic heterocycles. The van der Waals surface area contributed by atoms with E-state index in [-0.39, 0.29) is 29.5 Å². The number of carbonyl (C=O) groups is 2. The third-order valence-corrected chi connectivity index (χ3v) is 6.57. The molecule has 0 unspecified atom stereocenters. The molecule has 0 spiro atoms. The maximum Gasteiger partial charge on any atom is 0.251 e. The Hall–Kier alpha value is -3.39. The third kappa shape index (κ3) is 6.82. The van der Waals surface area contributed by atoms with Crippen LogP contribution in [-0.2, 0) is 11.3 Å². The lowest BCUT2D eigenvalue weighted by Gasteiger charge is -2.22. The van der Waals surface area contributed by atoms with Crippen LogP contribution in [0.15, 0.2) is 60.3 Å². The van der Waals surface area contributed by atoms with Crippen molar-refractivity contribution in [3.8, 4) is 0 Å². The van der Waals surface area contributed by atoms with Crippen LogP contribution in [-0.4, -0.2) is 32.3 Å². The monoisotopic (exact) mass is 491 g/mol. The summed E-state index contributed by atoms with van der Waals surface area (Å²) in [6.07, 6.45) is 1.76. The van der Waals surface area contributed by atoms with Crippen molar-refractivity contribution in [1.82, 2.24) is 20.1 Å². The summed E-state index contributed by atoms with van der Waals surface area (Å²) in [6, 6.07) is 13.1. The summed E-state index contributed by atoms with van der Waals surface area (Å²) in [5.41, 5.74) is 4.59. The number of nitrogens with zero attached hydrogens (tertiary/aromatic N) is 3. The number of aromatic nitrogens is 3. The van der Waals surface area contributed by atoms with Crippen molar-refractivity contribution in [2.24, 2.45) is 5.92 Å². The van der Waals surface area contributed by atoms with E-state index in [1.54, 1.807) is 6.08 Å². The molecule has 8 heteroatoms. The van der Waals surface area contributed by atoms with Crippen molar-refractivity contribution in [2.75, 3.05) is 11.1 Å². The second-order valence-corrected chi connectivity index (χ2v) is 9.90. The molecule has 0 aliphatic carbocycles. The summed E-state index contributed by atoms with van der Waals surface area (Å²) in [4.78, 5) is 25.5. The van der Waals surface area contributed by atoms with Crippen LogP contribution < -0.4 is 10.6 Å². The quantitative estimate of drug-likeness (QED) is 0.299. The van der Waals surface area contributed by atoms with Gasteiger partial charge in [-0.05, 0) is 56.0 Å². The fourth-order valence-electron chi connectivity index (χ4n) is 3.58. The summed E-state index contributed by atoms with van der Waals surface area (Å²) in [6.45, 7) is 14.3. The van der Waals surface area contributed by atoms with Crippen LogP contribution in [0.2, 0.25) is 0 Å². The predicted molar refractivity (Wildman–Crippen MR) is 142 cm³/mol. The van der Waals surface area contributed by atoms with Crippen LogP contribution in [0.1, 0.15) is 52.8 Å². The van der Waals surface area contributed by atoms with Crippen LogP contribution in [0.4, 0.5) is 5.69 Å². The van der Waals surface area contributed by atoms with Gasteiger partial charge in [-0.3, -0.25) is 9.59 Å². The SMILES string of the molecule is C=CCn1c(SCC(=O)Nc2cc(C)ccc2C)nnc1[C@@H](NC(=O)c1ccc(C)cc1)C(C)C. The maximum atomic E-state index is 12.9. The summed E-state index contributed by atoms with van der Waals surface area (Å²) in [5, 5.41) is 15.4. The summed E-state index contributed by atoms with van der Waals surface area (Å²) >= 11 is 1.31. The highest BCUT2D eigenvalue weighted by molar-refractivity contribution is 7.99. The molecule has 3 rings (SSSR count). The van der Waals surface area contributed by atoms with E-state index in [0.29, 0.717) is 23.1 Å². The molecule has 0 radical (unpaired) electrons. The summed E-state index contributed by atoms with van der Waals surface area (Å²) < 4.78 is 1.91. The molecule has 2 amide bonds. The maximum absolute atomic E-state index is 12.9. The molecule has 2 aromatic carbocycles.